The summed E-state index contributed by atoms with van der Waals surface area (Å²) in [6.45, 7) is 1.24. The Labute approximate surface area is 167 Å². The van der Waals surface area contributed by atoms with E-state index in [1.807, 2.05) is 54.6 Å². The number of aliphatic imine (C=N–C) groups is 1. The van der Waals surface area contributed by atoms with E-state index in [1.54, 1.807) is 7.05 Å². The molecule has 0 amide bonds. The van der Waals surface area contributed by atoms with Gasteiger partial charge in [0.05, 0.1) is 10.8 Å². The van der Waals surface area contributed by atoms with Crippen molar-refractivity contribution in [2.45, 2.75) is 11.4 Å². The van der Waals surface area contributed by atoms with Gasteiger partial charge in [0.15, 0.2) is 5.96 Å². The predicted molar refractivity (Wildman–Crippen MR) is 113 cm³/mol. The first-order chi connectivity index (χ1) is 11.2. The van der Waals surface area contributed by atoms with E-state index in [0.717, 1.165) is 15.5 Å². The molecule has 1 unspecified atom stereocenters. The lowest BCUT2D eigenvalue weighted by atomic mass is 10.2. The number of nitrogens with one attached hydrogen (secondary N) is 2. The van der Waals surface area contributed by atoms with E-state index in [2.05, 4.69) is 15.6 Å². The Kier molecular flexibility index (Phi) is 9.97. The van der Waals surface area contributed by atoms with Crippen LogP contribution in [0.3, 0.4) is 0 Å². The van der Waals surface area contributed by atoms with Crippen LogP contribution in [0.5, 0.6) is 0 Å². The molecule has 130 valence electrons. The Morgan fingerprint density at radius 2 is 1.75 bits per heavy atom. The molecule has 0 spiro atoms. The van der Waals surface area contributed by atoms with E-state index in [4.69, 9.17) is 11.6 Å². The third kappa shape index (κ3) is 7.19. The standard InChI is InChI=1S/C17H20ClN3OS.HI/c1-19-17(21-13-14-7-9-15(18)10-8-14)20-11-12-23(22)16-5-3-2-4-6-16;/h2-10H,11-13H2,1H3,(H2,19,20,21);1H. The highest BCUT2D eigenvalue weighted by atomic mass is 127. The molecule has 2 aromatic carbocycles. The van der Waals surface area contributed by atoms with Crippen molar-refractivity contribution in [1.29, 1.82) is 0 Å². The molecule has 0 heterocycles. The molecule has 2 rings (SSSR count). The van der Waals surface area contributed by atoms with Gasteiger partial charge in [0.25, 0.3) is 0 Å². The van der Waals surface area contributed by atoms with Crippen molar-refractivity contribution in [2.75, 3.05) is 19.3 Å². The molecule has 24 heavy (non-hydrogen) atoms. The van der Waals surface area contributed by atoms with E-state index in [-0.39, 0.29) is 24.0 Å². The average Bonchev–Trinajstić information content (AvgIpc) is 2.60. The van der Waals surface area contributed by atoms with Crippen molar-refractivity contribution in [3.05, 3.63) is 65.2 Å². The summed E-state index contributed by atoms with van der Waals surface area (Å²) in [5.41, 5.74) is 1.12. The summed E-state index contributed by atoms with van der Waals surface area (Å²) in [6.07, 6.45) is 0. The first kappa shape index (κ1) is 20.9. The molecule has 0 aliphatic rings. The van der Waals surface area contributed by atoms with Gasteiger partial charge < -0.3 is 10.6 Å². The van der Waals surface area contributed by atoms with Crippen molar-refractivity contribution in [3.8, 4) is 0 Å². The van der Waals surface area contributed by atoms with Gasteiger partial charge in [0.1, 0.15) is 0 Å². The largest absolute Gasteiger partial charge is 0.355 e. The normalized spacial score (nSPS) is 12.2. The van der Waals surface area contributed by atoms with Crippen LogP contribution >= 0.6 is 35.6 Å². The zero-order valence-corrected chi connectivity index (χ0v) is 17.3. The van der Waals surface area contributed by atoms with Crippen LogP contribution in [0.4, 0.5) is 0 Å². The van der Waals surface area contributed by atoms with E-state index in [1.165, 1.54) is 0 Å². The minimum absolute atomic E-state index is 0. The lowest BCUT2D eigenvalue weighted by Crippen LogP contribution is -2.38. The SMILES string of the molecule is CN=C(NCCS(=O)c1ccccc1)NCc1ccc(Cl)cc1.I. The van der Waals surface area contributed by atoms with Crippen LogP contribution in [-0.2, 0) is 17.3 Å². The molecule has 0 saturated carbocycles. The van der Waals surface area contributed by atoms with Crippen molar-refractivity contribution < 1.29 is 4.21 Å². The number of hydrogen-bond donors (Lipinski definition) is 2. The van der Waals surface area contributed by atoms with Gasteiger partial charge in [-0.25, -0.2) is 0 Å². The van der Waals surface area contributed by atoms with Gasteiger partial charge in [-0.2, -0.15) is 0 Å². The first-order valence-corrected chi connectivity index (χ1v) is 9.01. The molecule has 4 nitrogen and oxygen atoms in total. The molecule has 7 heteroatoms. The van der Waals surface area contributed by atoms with Crippen LogP contribution < -0.4 is 10.6 Å². The summed E-state index contributed by atoms with van der Waals surface area (Å²) in [5.74, 6) is 1.22. The van der Waals surface area contributed by atoms with Gasteiger partial charge in [-0.05, 0) is 29.8 Å². The zero-order chi connectivity index (χ0) is 16.5. The smallest absolute Gasteiger partial charge is 0.191 e. The monoisotopic (exact) mass is 477 g/mol. The Balaban J connectivity index is 0.00000288. The maximum absolute atomic E-state index is 12.1. The minimum Gasteiger partial charge on any atom is -0.355 e. The predicted octanol–water partition coefficient (Wildman–Crippen LogP) is 3.43. The second kappa shape index (κ2) is 11.4. The molecule has 0 fully saturated rings. The Morgan fingerprint density at radius 1 is 1.08 bits per heavy atom. The summed E-state index contributed by atoms with van der Waals surface area (Å²) in [4.78, 5) is 5.01. The van der Waals surface area contributed by atoms with Gasteiger partial charge in [-0.1, -0.05) is 41.9 Å². The Morgan fingerprint density at radius 3 is 2.38 bits per heavy atom. The second-order valence-electron chi connectivity index (χ2n) is 4.84. The molecule has 0 radical (unpaired) electrons. The summed E-state index contributed by atoms with van der Waals surface area (Å²) >= 11 is 5.87. The van der Waals surface area contributed by atoms with Crippen molar-refractivity contribution in [2.24, 2.45) is 4.99 Å². The molecule has 2 aromatic rings. The maximum Gasteiger partial charge on any atom is 0.191 e. The summed E-state index contributed by atoms with van der Waals surface area (Å²) in [7, 11) is 0.709. The topological polar surface area (TPSA) is 53.5 Å². The Hall–Kier alpha value is -1.12. The molecule has 0 saturated heterocycles. The number of guanidine groups is 1. The van der Waals surface area contributed by atoms with Gasteiger partial charge in [-0.3, -0.25) is 9.20 Å². The Bertz CT molecular complexity index is 665. The molecule has 0 aliphatic carbocycles. The van der Waals surface area contributed by atoms with Gasteiger partial charge in [-0.15, -0.1) is 24.0 Å². The maximum atomic E-state index is 12.1. The van der Waals surface area contributed by atoms with Crippen LogP contribution in [-0.4, -0.2) is 29.5 Å². The molecule has 1 atom stereocenters. The molecule has 0 bridgehead atoms. The fourth-order valence-corrected chi connectivity index (χ4v) is 3.07. The van der Waals surface area contributed by atoms with Crippen LogP contribution in [0, 0.1) is 0 Å². The highest BCUT2D eigenvalue weighted by Crippen LogP contribution is 2.09. The van der Waals surface area contributed by atoms with Crippen molar-refractivity contribution in [3.63, 3.8) is 0 Å². The van der Waals surface area contributed by atoms with Crippen LogP contribution in [0.15, 0.2) is 64.5 Å². The summed E-state index contributed by atoms with van der Waals surface area (Å²) in [5, 5.41) is 7.11. The van der Waals surface area contributed by atoms with Gasteiger partial charge in [0, 0.05) is 35.8 Å². The van der Waals surface area contributed by atoms with Gasteiger partial charge in [0.2, 0.25) is 0 Å². The average molecular weight is 478 g/mol. The minimum atomic E-state index is -1.00. The summed E-state index contributed by atoms with van der Waals surface area (Å²) < 4.78 is 12.1. The number of rotatable bonds is 6. The molecular weight excluding hydrogens is 457 g/mol. The first-order valence-electron chi connectivity index (χ1n) is 7.31. The van der Waals surface area contributed by atoms with E-state index in [0.29, 0.717) is 24.8 Å². The van der Waals surface area contributed by atoms with Crippen LogP contribution in [0.1, 0.15) is 5.56 Å². The summed E-state index contributed by atoms with van der Waals surface area (Å²) in [6, 6.07) is 17.1. The molecular formula is C17H21ClIN3OS. The number of halogens is 2. The van der Waals surface area contributed by atoms with Crippen molar-refractivity contribution >= 4 is 52.3 Å². The van der Waals surface area contributed by atoms with E-state index < -0.39 is 10.8 Å². The molecule has 0 aromatic heterocycles. The lowest BCUT2D eigenvalue weighted by Gasteiger charge is -2.12. The quantitative estimate of drug-likeness (QED) is 0.381. The number of nitrogens with zero attached hydrogens (tertiary/aromatic N) is 1. The third-order valence-electron chi connectivity index (χ3n) is 3.18. The molecule has 2 N–H and O–H groups in total. The van der Waals surface area contributed by atoms with E-state index >= 15 is 0 Å². The number of hydrogen-bond acceptors (Lipinski definition) is 2. The second-order valence-corrected chi connectivity index (χ2v) is 6.85. The van der Waals surface area contributed by atoms with Crippen LogP contribution in [0.2, 0.25) is 5.02 Å². The number of benzene rings is 2. The van der Waals surface area contributed by atoms with E-state index in [9.17, 15) is 4.21 Å². The molecule has 0 aliphatic heterocycles. The third-order valence-corrected chi connectivity index (χ3v) is 4.81. The van der Waals surface area contributed by atoms with Gasteiger partial charge >= 0.3 is 0 Å². The lowest BCUT2D eigenvalue weighted by molar-refractivity contribution is 0.681. The fourth-order valence-electron chi connectivity index (χ4n) is 1.96. The fraction of sp³-hybridized carbons (Fsp3) is 0.235. The van der Waals surface area contributed by atoms with Crippen molar-refractivity contribution in [1.82, 2.24) is 10.6 Å². The zero-order valence-electron chi connectivity index (χ0n) is 13.4. The highest BCUT2D eigenvalue weighted by molar-refractivity contribution is 14.0. The highest BCUT2D eigenvalue weighted by Gasteiger charge is 2.04. The van der Waals surface area contributed by atoms with Crippen LogP contribution in [0.25, 0.3) is 0 Å².